The van der Waals surface area contributed by atoms with Gasteiger partial charge >= 0.3 is 0 Å². The average Bonchev–Trinajstić information content (AvgIpc) is 3.28. The monoisotopic (exact) mass is 389 g/mol. The standard InChI is InChI=1S/C28H25N2/c1-17-18(2)30(3)14-7-6-13-27(30)24-15-23-21-11-8-10-20-19-9-4-5-12-25(19)29(28(20)21)26(23)16-22(17)24/h4-18,27H,1-3H3/q+1. The molecule has 2 aliphatic heterocycles. The Kier molecular flexibility index (Phi) is 2.96. The number of fused-ring (bicyclic) bond motifs is 9. The molecule has 0 fully saturated rings. The predicted octanol–water partition coefficient (Wildman–Crippen LogP) is 6.91. The first kappa shape index (κ1) is 16.7. The van der Waals surface area contributed by atoms with Crippen molar-refractivity contribution >= 4 is 38.1 Å². The Hall–Kier alpha value is -3.10. The second-order valence-electron chi connectivity index (χ2n) is 9.47. The first-order valence-corrected chi connectivity index (χ1v) is 11.0. The van der Waals surface area contributed by atoms with Gasteiger partial charge in [-0.1, -0.05) is 49.4 Å². The van der Waals surface area contributed by atoms with Gasteiger partial charge in [0.05, 0.1) is 35.8 Å². The minimum Gasteiger partial charge on any atom is -0.308 e. The van der Waals surface area contributed by atoms with Crippen LogP contribution in [0.4, 0.5) is 0 Å². The van der Waals surface area contributed by atoms with Crippen LogP contribution in [0, 0.1) is 0 Å². The topological polar surface area (TPSA) is 4.41 Å². The first-order chi connectivity index (χ1) is 14.6. The lowest BCUT2D eigenvalue weighted by Gasteiger charge is -2.50. The van der Waals surface area contributed by atoms with Crippen LogP contribution in [0.25, 0.3) is 38.1 Å². The molecule has 0 bridgehead atoms. The molecule has 5 aromatic rings. The molecule has 0 aliphatic carbocycles. The number of benzene rings is 3. The highest BCUT2D eigenvalue weighted by molar-refractivity contribution is 6.23. The summed E-state index contributed by atoms with van der Waals surface area (Å²) in [6.07, 6.45) is 9.23. The average molecular weight is 390 g/mol. The highest BCUT2D eigenvalue weighted by Gasteiger charge is 2.46. The van der Waals surface area contributed by atoms with Crippen LogP contribution >= 0.6 is 0 Å². The minimum atomic E-state index is 0.386. The highest BCUT2D eigenvalue weighted by atomic mass is 15.4. The molecule has 2 nitrogen and oxygen atoms in total. The van der Waals surface area contributed by atoms with Crippen LogP contribution in [0.2, 0.25) is 0 Å². The van der Waals surface area contributed by atoms with Crippen LogP contribution in [0.3, 0.4) is 0 Å². The fraction of sp³-hybridized carbons (Fsp3) is 0.214. The van der Waals surface area contributed by atoms with Gasteiger partial charge in [0.25, 0.3) is 0 Å². The van der Waals surface area contributed by atoms with Gasteiger partial charge in [0, 0.05) is 33.0 Å². The molecule has 4 atom stereocenters. The van der Waals surface area contributed by atoms with Gasteiger partial charge in [-0.2, -0.15) is 0 Å². The predicted molar refractivity (Wildman–Crippen MR) is 126 cm³/mol. The molecular weight excluding hydrogens is 364 g/mol. The van der Waals surface area contributed by atoms with Gasteiger partial charge in [0.1, 0.15) is 6.04 Å². The fourth-order valence-electron chi connectivity index (χ4n) is 6.38. The van der Waals surface area contributed by atoms with Gasteiger partial charge < -0.3 is 4.40 Å². The lowest BCUT2D eigenvalue weighted by atomic mass is 9.78. The van der Waals surface area contributed by atoms with E-state index in [-0.39, 0.29) is 0 Å². The lowest BCUT2D eigenvalue weighted by molar-refractivity contribution is -0.912. The van der Waals surface area contributed by atoms with Crippen molar-refractivity contribution in [3.63, 3.8) is 0 Å². The maximum Gasteiger partial charge on any atom is 0.138 e. The van der Waals surface area contributed by atoms with E-state index in [1.54, 1.807) is 0 Å². The zero-order valence-corrected chi connectivity index (χ0v) is 17.6. The van der Waals surface area contributed by atoms with E-state index >= 15 is 0 Å². The third-order valence-electron chi connectivity index (χ3n) is 8.25. The maximum atomic E-state index is 2.51. The van der Waals surface area contributed by atoms with Crippen molar-refractivity contribution in [1.82, 2.24) is 4.40 Å². The molecule has 146 valence electrons. The van der Waals surface area contributed by atoms with Gasteiger partial charge in [-0.15, -0.1) is 0 Å². The molecule has 4 unspecified atom stereocenters. The zero-order valence-electron chi connectivity index (χ0n) is 17.6. The van der Waals surface area contributed by atoms with Crippen LogP contribution in [0.1, 0.15) is 36.9 Å². The zero-order chi connectivity index (χ0) is 20.2. The lowest BCUT2D eigenvalue weighted by Crippen LogP contribution is -2.54. The number of para-hydroxylation sites is 2. The molecule has 0 saturated heterocycles. The van der Waals surface area contributed by atoms with Gasteiger partial charge in [0.15, 0.2) is 0 Å². The van der Waals surface area contributed by atoms with Crippen LogP contribution < -0.4 is 0 Å². The first-order valence-electron chi connectivity index (χ1n) is 11.0. The van der Waals surface area contributed by atoms with Gasteiger partial charge in [0.2, 0.25) is 0 Å². The number of hydrogen-bond donors (Lipinski definition) is 0. The highest BCUT2D eigenvalue weighted by Crippen LogP contribution is 2.49. The normalized spacial score (nSPS) is 28.0. The Morgan fingerprint density at radius 3 is 2.40 bits per heavy atom. The molecule has 0 amide bonds. The summed E-state index contributed by atoms with van der Waals surface area (Å²) in [5.74, 6) is 0.503. The number of allylic oxidation sites excluding steroid dienone is 2. The van der Waals surface area contributed by atoms with E-state index in [1.165, 1.54) is 49.2 Å². The second kappa shape index (κ2) is 5.33. The minimum absolute atomic E-state index is 0.386. The third-order valence-corrected chi connectivity index (χ3v) is 8.25. The van der Waals surface area contributed by atoms with E-state index in [0.29, 0.717) is 18.0 Å². The van der Waals surface area contributed by atoms with Crippen LogP contribution in [0.5, 0.6) is 0 Å². The number of aromatic nitrogens is 1. The largest absolute Gasteiger partial charge is 0.308 e. The van der Waals surface area contributed by atoms with E-state index in [4.69, 9.17) is 0 Å². The molecule has 3 aromatic carbocycles. The molecule has 30 heavy (non-hydrogen) atoms. The molecule has 4 heterocycles. The van der Waals surface area contributed by atoms with Crippen molar-refractivity contribution in [1.29, 1.82) is 0 Å². The Morgan fingerprint density at radius 1 is 0.767 bits per heavy atom. The summed E-state index contributed by atoms with van der Waals surface area (Å²) < 4.78 is 3.47. The molecule has 0 N–H and O–H groups in total. The number of hydrogen-bond acceptors (Lipinski definition) is 0. The summed E-state index contributed by atoms with van der Waals surface area (Å²) in [4.78, 5) is 0. The molecule has 2 heteroatoms. The van der Waals surface area contributed by atoms with E-state index in [2.05, 4.69) is 104 Å². The van der Waals surface area contributed by atoms with Crippen LogP contribution in [0.15, 0.2) is 79.0 Å². The number of nitrogens with zero attached hydrogens (tertiary/aromatic N) is 2. The number of rotatable bonds is 0. The summed E-state index contributed by atoms with van der Waals surface area (Å²) in [6.45, 7) is 4.82. The van der Waals surface area contributed by atoms with E-state index < -0.39 is 0 Å². The smallest absolute Gasteiger partial charge is 0.138 e. The van der Waals surface area contributed by atoms with Crippen molar-refractivity contribution in [3.05, 3.63) is 90.2 Å². The van der Waals surface area contributed by atoms with Crippen molar-refractivity contribution in [2.45, 2.75) is 31.8 Å². The Bertz CT molecular complexity index is 1550. The molecular formula is C28H25N2+. The van der Waals surface area contributed by atoms with Gasteiger partial charge in [-0.3, -0.25) is 4.48 Å². The third kappa shape index (κ3) is 1.76. The van der Waals surface area contributed by atoms with E-state index in [1.807, 2.05) is 0 Å². The van der Waals surface area contributed by atoms with Crippen LogP contribution in [-0.2, 0) is 0 Å². The Balaban J connectivity index is 1.67. The van der Waals surface area contributed by atoms with Crippen molar-refractivity contribution < 1.29 is 4.48 Å². The second-order valence-corrected chi connectivity index (χ2v) is 9.47. The molecule has 7 rings (SSSR count). The van der Waals surface area contributed by atoms with Crippen LogP contribution in [-0.4, -0.2) is 22.0 Å². The Labute approximate surface area is 176 Å². The fourth-order valence-corrected chi connectivity index (χ4v) is 6.38. The molecule has 2 aliphatic rings. The maximum absolute atomic E-state index is 2.51. The molecule has 2 aromatic heterocycles. The summed E-state index contributed by atoms with van der Waals surface area (Å²) in [5, 5.41) is 5.47. The molecule has 0 radical (unpaired) electrons. The Morgan fingerprint density at radius 2 is 1.53 bits per heavy atom. The molecule has 0 spiro atoms. The summed E-state index contributed by atoms with van der Waals surface area (Å²) >= 11 is 0. The van der Waals surface area contributed by atoms with Gasteiger partial charge in [-0.05, 0) is 42.8 Å². The number of likely N-dealkylation sites (N-methyl/N-ethyl adjacent to an activating group) is 1. The van der Waals surface area contributed by atoms with Gasteiger partial charge in [-0.25, -0.2) is 0 Å². The van der Waals surface area contributed by atoms with E-state index in [9.17, 15) is 0 Å². The molecule has 0 saturated carbocycles. The summed E-state index contributed by atoms with van der Waals surface area (Å²) in [6, 6.07) is 21.6. The SMILES string of the molecule is CC1c2cc3c(cc2C2C=CC=C[N+]2(C)C1C)c1cccc2c4ccccc4n3c21. The van der Waals surface area contributed by atoms with Crippen molar-refractivity contribution in [3.8, 4) is 0 Å². The quantitative estimate of drug-likeness (QED) is 0.253. The van der Waals surface area contributed by atoms with Crippen molar-refractivity contribution in [2.24, 2.45) is 0 Å². The van der Waals surface area contributed by atoms with Crippen molar-refractivity contribution in [2.75, 3.05) is 7.05 Å². The summed E-state index contributed by atoms with van der Waals surface area (Å²) in [5.41, 5.74) is 7.05. The number of quaternary nitrogens is 1. The summed E-state index contributed by atoms with van der Waals surface area (Å²) in [7, 11) is 2.39. The van der Waals surface area contributed by atoms with E-state index in [0.717, 1.165) is 4.48 Å².